The Kier molecular flexibility index (Phi) is 3.69. The molecule has 1 rings (SSSR count). The first-order chi connectivity index (χ1) is 6.79. The van der Waals surface area contributed by atoms with Crippen LogP contribution < -0.4 is 5.32 Å². The molecule has 1 N–H and O–H groups in total. The zero-order valence-electron chi connectivity index (χ0n) is 8.08. The Bertz CT molecular complexity index is 366. The SMILES string of the molecule is CCc1ccccc1C(=O)NCC#N. The molecule has 0 saturated heterocycles. The summed E-state index contributed by atoms with van der Waals surface area (Å²) in [6, 6.07) is 9.28. The lowest BCUT2D eigenvalue weighted by Crippen LogP contribution is -2.24. The van der Waals surface area contributed by atoms with Crippen LogP contribution in [0.25, 0.3) is 0 Å². The van der Waals surface area contributed by atoms with Gasteiger partial charge < -0.3 is 5.32 Å². The predicted molar refractivity (Wildman–Crippen MR) is 53.8 cm³/mol. The molecule has 0 radical (unpaired) electrons. The van der Waals surface area contributed by atoms with Crippen LogP contribution >= 0.6 is 0 Å². The third-order valence-corrected chi connectivity index (χ3v) is 1.97. The van der Waals surface area contributed by atoms with Gasteiger partial charge >= 0.3 is 0 Å². The summed E-state index contributed by atoms with van der Waals surface area (Å²) < 4.78 is 0. The maximum absolute atomic E-state index is 11.5. The van der Waals surface area contributed by atoms with Crippen molar-refractivity contribution >= 4 is 5.91 Å². The lowest BCUT2D eigenvalue weighted by atomic mass is 10.1. The van der Waals surface area contributed by atoms with Gasteiger partial charge in [-0.25, -0.2) is 0 Å². The van der Waals surface area contributed by atoms with E-state index in [9.17, 15) is 4.79 Å². The third-order valence-electron chi connectivity index (χ3n) is 1.97. The van der Waals surface area contributed by atoms with Crippen LogP contribution in [0.2, 0.25) is 0 Å². The van der Waals surface area contributed by atoms with Gasteiger partial charge in [0, 0.05) is 5.56 Å². The van der Waals surface area contributed by atoms with Crippen molar-refractivity contribution in [1.82, 2.24) is 5.32 Å². The molecule has 1 amide bonds. The fraction of sp³-hybridized carbons (Fsp3) is 0.273. The standard InChI is InChI=1S/C11H12N2O/c1-2-9-5-3-4-6-10(9)11(14)13-8-7-12/h3-6H,2,8H2,1H3,(H,13,14). The number of hydrogen-bond acceptors (Lipinski definition) is 2. The van der Waals surface area contributed by atoms with Crippen molar-refractivity contribution in [3.63, 3.8) is 0 Å². The fourth-order valence-corrected chi connectivity index (χ4v) is 1.27. The number of hydrogen-bond donors (Lipinski definition) is 1. The molecule has 1 aromatic carbocycles. The van der Waals surface area contributed by atoms with Gasteiger partial charge in [0.2, 0.25) is 0 Å². The van der Waals surface area contributed by atoms with Gasteiger partial charge in [0.1, 0.15) is 6.54 Å². The minimum absolute atomic E-state index is 0.0525. The van der Waals surface area contributed by atoms with Crippen molar-refractivity contribution < 1.29 is 4.79 Å². The molecule has 3 heteroatoms. The smallest absolute Gasteiger partial charge is 0.252 e. The van der Waals surface area contributed by atoms with Gasteiger partial charge in [0.05, 0.1) is 6.07 Å². The van der Waals surface area contributed by atoms with Gasteiger partial charge in [-0.1, -0.05) is 25.1 Å². The summed E-state index contributed by atoms with van der Waals surface area (Å²) in [7, 11) is 0. The molecule has 0 atom stereocenters. The summed E-state index contributed by atoms with van der Waals surface area (Å²) in [4.78, 5) is 11.5. The number of carbonyl (C=O) groups is 1. The van der Waals surface area contributed by atoms with E-state index in [1.807, 2.05) is 31.2 Å². The Morgan fingerprint density at radius 1 is 1.50 bits per heavy atom. The molecule has 3 nitrogen and oxygen atoms in total. The Labute approximate surface area is 83.4 Å². The normalized spacial score (nSPS) is 9.14. The number of carbonyl (C=O) groups excluding carboxylic acids is 1. The summed E-state index contributed by atoms with van der Waals surface area (Å²) in [5, 5.41) is 10.8. The number of benzene rings is 1. The molecule has 0 spiro atoms. The first-order valence-corrected chi connectivity index (χ1v) is 4.52. The van der Waals surface area contributed by atoms with Crippen molar-refractivity contribution in [3.8, 4) is 6.07 Å². The molecule has 0 aromatic heterocycles. The average molecular weight is 188 g/mol. The van der Waals surface area contributed by atoms with E-state index >= 15 is 0 Å². The second-order valence-electron chi connectivity index (χ2n) is 2.85. The molecule has 0 saturated carbocycles. The molecule has 72 valence electrons. The van der Waals surface area contributed by atoms with Crippen molar-refractivity contribution in [2.45, 2.75) is 13.3 Å². The van der Waals surface area contributed by atoms with Gasteiger partial charge in [0.25, 0.3) is 5.91 Å². The molecule has 0 bridgehead atoms. The highest BCUT2D eigenvalue weighted by atomic mass is 16.1. The van der Waals surface area contributed by atoms with Crippen LogP contribution in [0.4, 0.5) is 0 Å². The van der Waals surface area contributed by atoms with Crippen molar-refractivity contribution in [2.24, 2.45) is 0 Å². The van der Waals surface area contributed by atoms with Crippen molar-refractivity contribution in [2.75, 3.05) is 6.54 Å². The summed E-state index contributed by atoms with van der Waals surface area (Å²) in [6.45, 7) is 2.05. The van der Waals surface area contributed by atoms with E-state index in [1.165, 1.54) is 0 Å². The molecular formula is C11H12N2O. The van der Waals surface area contributed by atoms with Crippen LogP contribution in [-0.4, -0.2) is 12.5 Å². The van der Waals surface area contributed by atoms with Crippen LogP contribution in [0, 0.1) is 11.3 Å². The Morgan fingerprint density at radius 2 is 2.21 bits per heavy atom. The van der Waals surface area contributed by atoms with E-state index in [1.54, 1.807) is 6.07 Å². The van der Waals surface area contributed by atoms with Gasteiger partial charge in [-0.3, -0.25) is 4.79 Å². The predicted octanol–water partition coefficient (Wildman–Crippen LogP) is 1.50. The summed E-state index contributed by atoms with van der Waals surface area (Å²) in [6.07, 6.45) is 0.816. The lowest BCUT2D eigenvalue weighted by Gasteiger charge is -2.05. The number of nitrogens with one attached hydrogen (secondary N) is 1. The van der Waals surface area contributed by atoms with Gasteiger partial charge in [-0.2, -0.15) is 5.26 Å². The number of amides is 1. The van der Waals surface area contributed by atoms with Crippen molar-refractivity contribution in [3.05, 3.63) is 35.4 Å². The first kappa shape index (κ1) is 10.3. The minimum Gasteiger partial charge on any atom is -0.339 e. The molecule has 1 aromatic rings. The number of nitrogens with zero attached hydrogens (tertiary/aromatic N) is 1. The summed E-state index contributed by atoms with van der Waals surface area (Å²) in [5.41, 5.74) is 1.66. The number of nitriles is 1. The largest absolute Gasteiger partial charge is 0.339 e. The highest BCUT2D eigenvalue weighted by molar-refractivity contribution is 5.95. The van der Waals surface area contributed by atoms with Crippen LogP contribution in [0.15, 0.2) is 24.3 Å². The molecule has 0 aliphatic carbocycles. The highest BCUT2D eigenvalue weighted by Gasteiger charge is 2.07. The zero-order valence-corrected chi connectivity index (χ0v) is 8.08. The van der Waals surface area contributed by atoms with Gasteiger partial charge in [-0.15, -0.1) is 0 Å². The number of rotatable bonds is 3. The van der Waals surface area contributed by atoms with Crippen molar-refractivity contribution in [1.29, 1.82) is 5.26 Å². The second-order valence-corrected chi connectivity index (χ2v) is 2.85. The molecule has 0 fully saturated rings. The van der Waals surface area contributed by atoms with E-state index in [4.69, 9.17) is 5.26 Å². The molecule has 0 aliphatic rings. The van der Waals surface area contributed by atoms with E-state index < -0.39 is 0 Å². The third kappa shape index (κ3) is 2.33. The average Bonchev–Trinajstić information content (AvgIpc) is 2.25. The monoisotopic (exact) mass is 188 g/mol. The second kappa shape index (κ2) is 5.03. The maximum Gasteiger partial charge on any atom is 0.252 e. The van der Waals surface area contributed by atoms with Crippen LogP contribution in [-0.2, 0) is 6.42 Å². The van der Waals surface area contributed by atoms with E-state index in [-0.39, 0.29) is 12.5 Å². The molecule has 14 heavy (non-hydrogen) atoms. The Hall–Kier alpha value is -1.82. The Morgan fingerprint density at radius 3 is 2.86 bits per heavy atom. The lowest BCUT2D eigenvalue weighted by molar-refractivity contribution is 0.0957. The summed E-state index contributed by atoms with van der Waals surface area (Å²) in [5.74, 6) is -0.177. The maximum atomic E-state index is 11.5. The van der Waals surface area contributed by atoms with Gasteiger partial charge in [0.15, 0.2) is 0 Å². The minimum atomic E-state index is -0.177. The fourth-order valence-electron chi connectivity index (χ4n) is 1.27. The Balaban J connectivity index is 2.84. The topological polar surface area (TPSA) is 52.9 Å². The van der Waals surface area contributed by atoms with E-state index in [0.717, 1.165) is 12.0 Å². The van der Waals surface area contributed by atoms with E-state index in [2.05, 4.69) is 5.32 Å². The quantitative estimate of drug-likeness (QED) is 0.731. The zero-order chi connectivity index (χ0) is 10.4. The first-order valence-electron chi connectivity index (χ1n) is 4.52. The van der Waals surface area contributed by atoms with Crippen LogP contribution in [0.1, 0.15) is 22.8 Å². The van der Waals surface area contributed by atoms with Crippen LogP contribution in [0.3, 0.4) is 0 Å². The highest BCUT2D eigenvalue weighted by Crippen LogP contribution is 2.08. The molecule has 0 unspecified atom stereocenters. The van der Waals surface area contributed by atoms with E-state index in [0.29, 0.717) is 5.56 Å². The molecule has 0 aliphatic heterocycles. The van der Waals surface area contributed by atoms with Crippen LogP contribution in [0.5, 0.6) is 0 Å². The summed E-state index contributed by atoms with van der Waals surface area (Å²) >= 11 is 0. The van der Waals surface area contributed by atoms with Gasteiger partial charge in [-0.05, 0) is 18.1 Å². The number of aryl methyl sites for hydroxylation is 1. The molecular weight excluding hydrogens is 176 g/mol. The molecule has 0 heterocycles.